The van der Waals surface area contributed by atoms with Crippen LogP contribution in [0, 0.1) is 34.9 Å². The Labute approximate surface area is 226 Å². The van der Waals surface area contributed by atoms with Crippen LogP contribution < -0.4 is 9.64 Å². The molecular formula is C29H31FN6O3. The second-order valence-electron chi connectivity index (χ2n) is 10.5. The van der Waals surface area contributed by atoms with E-state index in [2.05, 4.69) is 15.2 Å². The molecule has 1 amide bonds. The van der Waals surface area contributed by atoms with Gasteiger partial charge in [-0.3, -0.25) is 4.79 Å². The molecule has 5 rings (SSSR count). The molecule has 0 aliphatic carbocycles. The molecule has 0 spiro atoms. The summed E-state index contributed by atoms with van der Waals surface area (Å²) in [5.74, 6) is -0.329. The van der Waals surface area contributed by atoms with Gasteiger partial charge in [-0.15, -0.1) is 10.2 Å². The molecule has 1 aromatic carbocycles. The molecular weight excluding hydrogens is 499 g/mol. The number of nitriles is 1. The Kier molecular flexibility index (Phi) is 7.19. The number of hydrogen-bond acceptors (Lipinski definition) is 8. The maximum atomic E-state index is 14.1. The van der Waals surface area contributed by atoms with Crippen molar-refractivity contribution in [2.45, 2.75) is 25.4 Å². The van der Waals surface area contributed by atoms with E-state index < -0.39 is 5.60 Å². The van der Waals surface area contributed by atoms with Crippen LogP contribution in [0.15, 0.2) is 54.7 Å². The predicted octanol–water partition coefficient (Wildman–Crippen LogP) is 3.11. The first kappa shape index (κ1) is 26.5. The fourth-order valence-electron chi connectivity index (χ4n) is 6.06. The lowest BCUT2D eigenvalue weighted by molar-refractivity contribution is -0.152. The number of likely N-dealkylation sites (tertiary alicyclic amines) is 1. The lowest BCUT2D eigenvalue weighted by atomic mass is 9.70. The average Bonchev–Trinajstić information content (AvgIpc) is 3.41. The van der Waals surface area contributed by atoms with E-state index in [1.165, 1.54) is 12.1 Å². The summed E-state index contributed by atoms with van der Waals surface area (Å²) >= 11 is 0. The van der Waals surface area contributed by atoms with Gasteiger partial charge < -0.3 is 19.6 Å². The number of amides is 1. The molecule has 39 heavy (non-hydrogen) atoms. The van der Waals surface area contributed by atoms with Gasteiger partial charge in [-0.2, -0.15) is 5.26 Å². The van der Waals surface area contributed by atoms with Crippen LogP contribution in [-0.4, -0.2) is 64.4 Å². The van der Waals surface area contributed by atoms with Crippen LogP contribution in [0.4, 0.5) is 10.2 Å². The van der Waals surface area contributed by atoms with Gasteiger partial charge in [0.25, 0.3) is 0 Å². The molecule has 10 heteroatoms. The van der Waals surface area contributed by atoms with Crippen molar-refractivity contribution in [2.75, 3.05) is 38.2 Å². The van der Waals surface area contributed by atoms with Crippen molar-refractivity contribution in [3.63, 3.8) is 0 Å². The summed E-state index contributed by atoms with van der Waals surface area (Å²) in [6, 6.07) is 15.0. The minimum Gasteiger partial charge on any atom is -0.481 e. The highest BCUT2D eigenvalue weighted by Crippen LogP contribution is 2.43. The summed E-state index contributed by atoms with van der Waals surface area (Å²) in [6.07, 6.45) is 1.74. The van der Waals surface area contributed by atoms with Gasteiger partial charge in [0.2, 0.25) is 11.8 Å². The lowest BCUT2D eigenvalue weighted by Crippen LogP contribution is -2.57. The Balaban J connectivity index is 1.41. The van der Waals surface area contributed by atoms with Crippen molar-refractivity contribution in [2.24, 2.45) is 17.8 Å². The second-order valence-corrected chi connectivity index (χ2v) is 10.5. The molecule has 2 fully saturated rings. The van der Waals surface area contributed by atoms with E-state index in [1.54, 1.807) is 43.6 Å². The summed E-state index contributed by atoms with van der Waals surface area (Å²) in [5.41, 5.74) is 0.624. The van der Waals surface area contributed by atoms with Crippen molar-refractivity contribution in [1.29, 1.82) is 5.26 Å². The highest BCUT2D eigenvalue weighted by Gasteiger charge is 2.49. The van der Waals surface area contributed by atoms with E-state index >= 15 is 0 Å². The molecule has 4 heterocycles. The maximum absolute atomic E-state index is 14.1. The van der Waals surface area contributed by atoms with Gasteiger partial charge >= 0.3 is 0 Å². The molecule has 0 bridgehead atoms. The highest BCUT2D eigenvalue weighted by atomic mass is 19.1. The molecule has 2 saturated heterocycles. The summed E-state index contributed by atoms with van der Waals surface area (Å²) in [5, 5.41) is 29.0. The fourth-order valence-corrected chi connectivity index (χ4v) is 6.06. The van der Waals surface area contributed by atoms with Crippen molar-refractivity contribution >= 4 is 11.7 Å². The van der Waals surface area contributed by atoms with Gasteiger partial charge in [0, 0.05) is 56.2 Å². The number of nitrogens with zero attached hydrogens (tertiary/aromatic N) is 6. The summed E-state index contributed by atoms with van der Waals surface area (Å²) in [7, 11) is 1.56. The van der Waals surface area contributed by atoms with Crippen LogP contribution in [0.3, 0.4) is 0 Å². The van der Waals surface area contributed by atoms with Crippen molar-refractivity contribution in [3.8, 4) is 11.9 Å². The predicted molar refractivity (Wildman–Crippen MR) is 141 cm³/mol. The lowest BCUT2D eigenvalue weighted by Gasteiger charge is -2.48. The summed E-state index contributed by atoms with van der Waals surface area (Å²) < 4.78 is 18.8. The van der Waals surface area contributed by atoms with E-state index in [1.807, 2.05) is 35.8 Å². The number of pyridine rings is 1. The molecule has 1 unspecified atom stereocenters. The molecule has 9 nitrogen and oxygen atoms in total. The number of halogens is 1. The number of aliphatic hydroxyl groups is 1. The topological polar surface area (TPSA) is 115 Å². The molecule has 2 aliphatic heterocycles. The van der Waals surface area contributed by atoms with E-state index in [0.717, 1.165) is 5.56 Å². The van der Waals surface area contributed by atoms with Crippen molar-refractivity contribution in [1.82, 2.24) is 20.1 Å². The van der Waals surface area contributed by atoms with Crippen molar-refractivity contribution < 1.29 is 19.0 Å². The van der Waals surface area contributed by atoms with Gasteiger partial charge in [0.15, 0.2) is 11.5 Å². The number of methoxy groups -OCH3 is 1. The minimum absolute atomic E-state index is 0.000205. The van der Waals surface area contributed by atoms with Crippen LogP contribution in [0.5, 0.6) is 5.88 Å². The van der Waals surface area contributed by atoms with Gasteiger partial charge in [-0.1, -0.05) is 32.0 Å². The van der Waals surface area contributed by atoms with Gasteiger partial charge in [-0.25, -0.2) is 9.37 Å². The van der Waals surface area contributed by atoms with Gasteiger partial charge in [-0.05, 0) is 35.4 Å². The number of ether oxygens (including phenoxy) is 1. The Morgan fingerprint density at radius 1 is 1.05 bits per heavy atom. The zero-order chi connectivity index (χ0) is 27.7. The minimum atomic E-state index is -1.18. The summed E-state index contributed by atoms with van der Waals surface area (Å²) in [6.45, 7) is 5.56. The van der Waals surface area contributed by atoms with E-state index in [9.17, 15) is 14.3 Å². The Hall–Kier alpha value is -4.10. The molecule has 202 valence electrons. The third-order valence-corrected chi connectivity index (χ3v) is 8.23. The quantitative estimate of drug-likeness (QED) is 0.535. The first-order valence-corrected chi connectivity index (χ1v) is 13.0. The van der Waals surface area contributed by atoms with E-state index in [0.29, 0.717) is 43.4 Å². The Morgan fingerprint density at radius 2 is 1.77 bits per heavy atom. The van der Waals surface area contributed by atoms with Crippen LogP contribution in [0.25, 0.3) is 0 Å². The number of piperidine rings is 1. The number of rotatable bonds is 5. The molecule has 2 aliphatic rings. The number of benzene rings is 1. The number of anilines is 1. The SMILES string of the molecule is COc1ccc([C@@H]2CN(c3ccc(C#N)nn3)C[C@H]2C(=O)N2C[C@@H](C)C(O)(c3ccc(F)cc3)[C@@H](C)C2)cn1. The molecule has 0 radical (unpaired) electrons. The number of aromatic nitrogens is 3. The molecule has 3 aromatic rings. The Bertz CT molecular complexity index is 1350. The highest BCUT2D eigenvalue weighted by molar-refractivity contribution is 5.82. The first-order valence-electron chi connectivity index (χ1n) is 13.0. The van der Waals surface area contributed by atoms with Crippen LogP contribution in [0.2, 0.25) is 0 Å². The van der Waals surface area contributed by atoms with Crippen LogP contribution >= 0.6 is 0 Å². The molecule has 0 saturated carbocycles. The van der Waals surface area contributed by atoms with Gasteiger partial charge in [0.05, 0.1) is 18.6 Å². The third-order valence-electron chi connectivity index (χ3n) is 8.23. The molecule has 2 aromatic heterocycles. The van der Waals surface area contributed by atoms with E-state index in [4.69, 9.17) is 10.00 Å². The van der Waals surface area contributed by atoms with Crippen LogP contribution in [-0.2, 0) is 10.4 Å². The standard InChI is InChI=1S/C29H31FN6O3/c1-18-14-36(15-19(2)29(18,38)21-5-7-22(30)8-6-21)28(37)25-17-35(26-10-9-23(12-31)33-34-26)16-24(25)20-4-11-27(39-3)32-13-20/h4-11,13,18-19,24-25,38H,14-17H2,1-3H3/t18-,19+,24-,25+,29?/m0/s1. The molecule has 5 atom stereocenters. The van der Waals surface area contributed by atoms with Crippen molar-refractivity contribution in [3.05, 3.63) is 77.4 Å². The normalized spacial score (nSPS) is 26.8. The molecule has 1 N–H and O–H groups in total. The zero-order valence-corrected chi connectivity index (χ0v) is 22.2. The largest absolute Gasteiger partial charge is 0.481 e. The maximum Gasteiger partial charge on any atom is 0.228 e. The monoisotopic (exact) mass is 530 g/mol. The Morgan fingerprint density at radius 3 is 2.33 bits per heavy atom. The number of hydrogen-bond donors (Lipinski definition) is 1. The number of carbonyl (C=O) groups is 1. The fraction of sp³-hybridized carbons (Fsp3) is 0.414. The second kappa shape index (κ2) is 10.6. The third kappa shape index (κ3) is 4.90. The smallest absolute Gasteiger partial charge is 0.228 e. The zero-order valence-electron chi connectivity index (χ0n) is 22.2. The first-order chi connectivity index (χ1) is 18.7. The van der Waals surface area contributed by atoms with E-state index in [-0.39, 0.29) is 41.1 Å². The average molecular weight is 531 g/mol. The summed E-state index contributed by atoms with van der Waals surface area (Å²) in [4.78, 5) is 22.3. The van der Waals surface area contributed by atoms with Gasteiger partial charge in [0.1, 0.15) is 11.9 Å². The van der Waals surface area contributed by atoms with Crippen LogP contribution in [0.1, 0.15) is 36.6 Å². The number of carbonyl (C=O) groups excluding carboxylic acids is 1.